The first-order valence-corrected chi connectivity index (χ1v) is 6.28. The maximum atomic E-state index is 11.1. The minimum absolute atomic E-state index is 0.0242. The number of carbonyl (C=O) groups excluding carboxylic acids is 1. The fraction of sp³-hybridized carbons (Fsp3) is 0.429. The molecular weight excluding hydrogens is 244 g/mol. The molecule has 0 bridgehead atoms. The Kier molecular flexibility index (Phi) is 3.46. The van der Waals surface area contributed by atoms with Crippen LogP contribution in [-0.2, 0) is 16.0 Å². The molecule has 1 aliphatic rings. The van der Waals surface area contributed by atoms with E-state index in [0.29, 0.717) is 19.4 Å². The minimum Gasteiger partial charge on any atom is -0.481 e. The van der Waals surface area contributed by atoms with Crippen molar-refractivity contribution in [2.24, 2.45) is 5.41 Å². The summed E-state index contributed by atoms with van der Waals surface area (Å²) in [4.78, 5) is 22.2. The lowest BCUT2D eigenvalue weighted by molar-refractivity contribution is -0.146. The summed E-state index contributed by atoms with van der Waals surface area (Å²) in [7, 11) is 0. The van der Waals surface area contributed by atoms with Gasteiger partial charge in [0.2, 0.25) is 5.91 Å². The second-order valence-corrected chi connectivity index (χ2v) is 5.47. The molecule has 1 saturated heterocycles. The molecule has 0 radical (unpaired) electrons. The lowest BCUT2D eigenvalue weighted by atomic mass is 9.86. The molecule has 1 aromatic rings. The molecule has 1 fully saturated rings. The third-order valence-electron chi connectivity index (χ3n) is 3.30. The summed E-state index contributed by atoms with van der Waals surface area (Å²) >= 11 is 0. The number of hydrogen-bond donors (Lipinski definition) is 2. The Bertz CT molecular complexity index is 494. The summed E-state index contributed by atoms with van der Waals surface area (Å²) in [6, 6.07) is 7.62. The summed E-state index contributed by atoms with van der Waals surface area (Å²) in [5.41, 5.74) is 3.87. The lowest BCUT2D eigenvalue weighted by Gasteiger charge is -2.20. The monoisotopic (exact) mass is 262 g/mol. The highest BCUT2D eigenvalue weighted by Gasteiger charge is 2.27. The Morgan fingerprint density at radius 1 is 1.37 bits per heavy atom. The molecule has 19 heavy (non-hydrogen) atoms. The van der Waals surface area contributed by atoms with Crippen LogP contribution in [0.3, 0.4) is 0 Å². The van der Waals surface area contributed by atoms with Gasteiger partial charge in [0.05, 0.1) is 11.1 Å². The fourth-order valence-electron chi connectivity index (χ4n) is 2.05. The first-order chi connectivity index (χ1) is 8.88. The van der Waals surface area contributed by atoms with Crippen molar-refractivity contribution in [3.8, 4) is 0 Å². The molecule has 2 N–H and O–H groups in total. The maximum absolute atomic E-state index is 11.1. The van der Waals surface area contributed by atoms with Crippen molar-refractivity contribution in [2.75, 3.05) is 11.6 Å². The first kappa shape index (κ1) is 13.4. The quantitative estimate of drug-likeness (QED) is 0.864. The maximum Gasteiger partial charge on any atom is 0.309 e. The normalized spacial score (nSPS) is 15.5. The Labute approximate surface area is 112 Å². The number of nitrogens with zero attached hydrogens (tertiary/aromatic N) is 1. The molecule has 0 spiro atoms. The van der Waals surface area contributed by atoms with E-state index in [0.717, 1.165) is 11.3 Å². The number of carbonyl (C=O) groups is 2. The van der Waals surface area contributed by atoms with Gasteiger partial charge in [-0.2, -0.15) is 0 Å². The van der Waals surface area contributed by atoms with E-state index in [1.165, 1.54) is 0 Å². The predicted molar refractivity (Wildman–Crippen MR) is 71.7 cm³/mol. The van der Waals surface area contributed by atoms with E-state index < -0.39 is 11.4 Å². The molecule has 2 rings (SSSR count). The second-order valence-electron chi connectivity index (χ2n) is 5.47. The number of hydrazine groups is 1. The molecule has 1 amide bonds. The Balaban J connectivity index is 2.06. The van der Waals surface area contributed by atoms with Crippen LogP contribution in [0.1, 0.15) is 25.8 Å². The highest BCUT2D eigenvalue weighted by atomic mass is 16.4. The van der Waals surface area contributed by atoms with Crippen molar-refractivity contribution in [3.05, 3.63) is 29.8 Å². The molecule has 102 valence electrons. The number of benzene rings is 1. The van der Waals surface area contributed by atoms with Crippen LogP contribution in [0, 0.1) is 5.41 Å². The van der Waals surface area contributed by atoms with E-state index in [1.54, 1.807) is 18.9 Å². The average molecular weight is 262 g/mol. The van der Waals surface area contributed by atoms with Gasteiger partial charge in [-0.3, -0.25) is 20.0 Å². The van der Waals surface area contributed by atoms with Crippen LogP contribution >= 0.6 is 0 Å². The van der Waals surface area contributed by atoms with Gasteiger partial charge >= 0.3 is 5.97 Å². The van der Waals surface area contributed by atoms with Crippen LogP contribution in [0.15, 0.2) is 24.3 Å². The van der Waals surface area contributed by atoms with Crippen LogP contribution in [0.4, 0.5) is 5.69 Å². The molecule has 0 unspecified atom stereocenters. The SMILES string of the molecule is CC(C)(Cc1ccc(N2CCC(=O)N2)cc1)C(=O)O. The van der Waals surface area contributed by atoms with Crippen molar-refractivity contribution in [1.82, 2.24) is 5.43 Å². The van der Waals surface area contributed by atoms with E-state index in [1.807, 2.05) is 24.3 Å². The smallest absolute Gasteiger partial charge is 0.309 e. The molecule has 0 saturated carbocycles. The number of hydrogen-bond acceptors (Lipinski definition) is 3. The van der Waals surface area contributed by atoms with Crippen LogP contribution < -0.4 is 10.4 Å². The Morgan fingerprint density at radius 2 is 2.00 bits per heavy atom. The van der Waals surface area contributed by atoms with E-state index in [9.17, 15) is 9.59 Å². The fourth-order valence-corrected chi connectivity index (χ4v) is 2.05. The van der Waals surface area contributed by atoms with E-state index in [2.05, 4.69) is 5.43 Å². The van der Waals surface area contributed by atoms with Gasteiger partial charge < -0.3 is 5.11 Å². The summed E-state index contributed by atoms with van der Waals surface area (Å²) in [5.74, 6) is -0.778. The van der Waals surface area contributed by atoms with Crippen molar-refractivity contribution in [1.29, 1.82) is 0 Å². The second kappa shape index (κ2) is 4.91. The zero-order chi connectivity index (χ0) is 14.0. The summed E-state index contributed by atoms with van der Waals surface area (Å²) < 4.78 is 0. The van der Waals surface area contributed by atoms with Gasteiger partial charge in [-0.25, -0.2) is 0 Å². The first-order valence-electron chi connectivity index (χ1n) is 6.28. The van der Waals surface area contributed by atoms with Gasteiger partial charge in [-0.05, 0) is 38.0 Å². The number of carboxylic acids is 1. The third-order valence-corrected chi connectivity index (χ3v) is 3.30. The van der Waals surface area contributed by atoms with Gasteiger partial charge in [0.25, 0.3) is 0 Å². The van der Waals surface area contributed by atoms with Gasteiger partial charge in [-0.1, -0.05) is 12.1 Å². The molecule has 0 aromatic heterocycles. The zero-order valence-electron chi connectivity index (χ0n) is 11.1. The number of nitrogens with one attached hydrogen (secondary N) is 1. The van der Waals surface area contributed by atoms with Crippen molar-refractivity contribution >= 4 is 17.6 Å². The lowest BCUT2D eigenvalue weighted by Crippen LogP contribution is -2.32. The molecule has 0 aliphatic carbocycles. The zero-order valence-corrected chi connectivity index (χ0v) is 11.1. The summed E-state index contributed by atoms with van der Waals surface area (Å²) in [6.45, 7) is 4.09. The predicted octanol–water partition coefficient (Wildman–Crippen LogP) is 1.58. The molecule has 5 nitrogen and oxygen atoms in total. The standard InChI is InChI=1S/C14H18N2O3/c1-14(2,13(18)19)9-10-3-5-11(6-4-10)16-8-7-12(17)15-16/h3-6H,7-9H2,1-2H3,(H,15,17)(H,18,19). The van der Waals surface area contributed by atoms with Crippen LogP contribution in [0.5, 0.6) is 0 Å². The van der Waals surface area contributed by atoms with Crippen LogP contribution in [-0.4, -0.2) is 23.5 Å². The third kappa shape index (κ3) is 3.05. The topological polar surface area (TPSA) is 69.6 Å². The molecule has 0 atom stereocenters. The van der Waals surface area contributed by atoms with E-state index >= 15 is 0 Å². The highest BCUT2D eigenvalue weighted by molar-refractivity contribution is 5.81. The highest BCUT2D eigenvalue weighted by Crippen LogP contribution is 2.24. The molecular formula is C14H18N2O3. The largest absolute Gasteiger partial charge is 0.481 e. The van der Waals surface area contributed by atoms with Gasteiger partial charge in [0.15, 0.2) is 0 Å². The van der Waals surface area contributed by atoms with Crippen LogP contribution in [0.25, 0.3) is 0 Å². The Hall–Kier alpha value is -2.04. The van der Waals surface area contributed by atoms with E-state index in [-0.39, 0.29) is 5.91 Å². The number of amides is 1. The van der Waals surface area contributed by atoms with Crippen molar-refractivity contribution < 1.29 is 14.7 Å². The summed E-state index contributed by atoms with van der Waals surface area (Å²) in [6.07, 6.45) is 0.989. The molecule has 1 aromatic carbocycles. The number of rotatable bonds is 4. The van der Waals surface area contributed by atoms with Gasteiger partial charge in [-0.15, -0.1) is 0 Å². The Morgan fingerprint density at radius 3 is 2.47 bits per heavy atom. The van der Waals surface area contributed by atoms with Crippen molar-refractivity contribution in [2.45, 2.75) is 26.7 Å². The van der Waals surface area contributed by atoms with Gasteiger partial charge in [0.1, 0.15) is 0 Å². The van der Waals surface area contributed by atoms with Crippen molar-refractivity contribution in [3.63, 3.8) is 0 Å². The average Bonchev–Trinajstić information content (AvgIpc) is 2.76. The van der Waals surface area contributed by atoms with Crippen LogP contribution in [0.2, 0.25) is 0 Å². The molecule has 1 aliphatic heterocycles. The molecule has 1 heterocycles. The van der Waals surface area contributed by atoms with Gasteiger partial charge in [0, 0.05) is 13.0 Å². The van der Waals surface area contributed by atoms with E-state index in [4.69, 9.17) is 5.11 Å². The molecule has 5 heteroatoms. The number of anilines is 1. The summed E-state index contributed by atoms with van der Waals surface area (Å²) in [5, 5.41) is 10.9. The minimum atomic E-state index is -0.802. The number of carboxylic acid groups (broad SMARTS) is 1. The number of aliphatic carboxylic acids is 1.